The fourth-order valence-corrected chi connectivity index (χ4v) is 5.06. The average Bonchev–Trinajstić information content (AvgIpc) is 2.83. The quantitative estimate of drug-likeness (QED) is 0.668. The Balaban J connectivity index is 1.43. The molecule has 5 rings (SSSR count). The smallest absolute Gasteiger partial charge is 0.329 e. The van der Waals surface area contributed by atoms with Gasteiger partial charge in [-0.2, -0.15) is 0 Å². The van der Waals surface area contributed by atoms with E-state index in [2.05, 4.69) is 10.3 Å². The number of anilines is 1. The number of benzene rings is 2. The van der Waals surface area contributed by atoms with Crippen LogP contribution in [0.4, 0.5) is 10.5 Å². The van der Waals surface area contributed by atoms with Crippen molar-refractivity contribution in [1.82, 2.24) is 10.3 Å². The first-order chi connectivity index (χ1) is 15.6. The van der Waals surface area contributed by atoms with E-state index in [1.54, 1.807) is 26.6 Å². The van der Waals surface area contributed by atoms with Crippen LogP contribution in [0.15, 0.2) is 54.9 Å². The molecule has 2 heterocycles. The molecular formula is C25H25N3O4. The minimum absolute atomic E-state index is 0.159. The molecule has 0 radical (unpaired) electrons. The van der Waals surface area contributed by atoms with E-state index in [4.69, 9.17) is 9.47 Å². The Morgan fingerprint density at radius 3 is 2.69 bits per heavy atom. The van der Waals surface area contributed by atoms with Crippen molar-refractivity contribution in [3.05, 3.63) is 60.4 Å². The number of carbonyl (C=O) groups excluding carboxylic acids is 2. The average molecular weight is 431 g/mol. The molecule has 0 bridgehead atoms. The van der Waals surface area contributed by atoms with E-state index in [1.807, 2.05) is 42.5 Å². The molecule has 1 aliphatic heterocycles. The van der Waals surface area contributed by atoms with Crippen LogP contribution in [-0.2, 0) is 4.79 Å². The van der Waals surface area contributed by atoms with Gasteiger partial charge in [0.1, 0.15) is 11.5 Å². The summed E-state index contributed by atoms with van der Waals surface area (Å²) >= 11 is 0. The monoisotopic (exact) mass is 431 g/mol. The van der Waals surface area contributed by atoms with Crippen LogP contribution >= 0.6 is 0 Å². The number of imide groups is 1. The molecule has 2 aromatic carbocycles. The highest BCUT2D eigenvalue weighted by atomic mass is 16.5. The van der Waals surface area contributed by atoms with E-state index in [0.29, 0.717) is 18.5 Å². The second-order valence-corrected chi connectivity index (χ2v) is 8.33. The van der Waals surface area contributed by atoms with E-state index in [-0.39, 0.29) is 23.8 Å². The third-order valence-electron chi connectivity index (χ3n) is 6.66. The van der Waals surface area contributed by atoms with Gasteiger partial charge in [0, 0.05) is 28.6 Å². The number of urea groups is 1. The summed E-state index contributed by atoms with van der Waals surface area (Å²) in [7, 11) is 3.29. The van der Waals surface area contributed by atoms with Crippen LogP contribution in [0, 0.1) is 5.92 Å². The molecule has 1 aliphatic carbocycles. The van der Waals surface area contributed by atoms with Gasteiger partial charge in [0.25, 0.3) is 0 Å². The first-order valence-electron chi connectivity index (χ1n) is 10.8. The highest BCUT2D eigenvalue weighted by Crippen LogP contribution is 2.43. The molecule has 2 fully saturated rings. The highest BCUT2D eigenvalue weighted by Gasteiger charge is 2.45. The van der Waals surface area contributed by atoms with Gasteiger partial charge in [-0.1, -0.05) is 24.3 Å². The van der Waals surface area contributed by atoms with Crippen molar-refractivity contribution in [1.29, 1.82) is 0 Å². The van der Waals surface area contributed by atoms with Crippen molar-refractivity contribution in [2.45, 2.75) is 31.2 Å². The van der Waals surface area contributed by atoms with E-state index >= 15 is 0 Å². The maximum absolute atomic E-state index is 13.5. The van der Waals surface area contributed by atoms with Crippen LogP contribution in [-0.4, -0.2) is 37.2 Å². The van der Waals surface area contributed by atoms with Gasteiger partial charge in [0.2, 0.25) is 5.91 Å². The summed E-state index contributed by atoms with van der Waals surface area (Å²) in [5, 5.41) is 4.82. The summed E-state index contributed by atoms with van der Waals surface area (Å²) < 4.78 is 11.0. The normalized spacial score (nSPS) is 22.9. The molecule has 0 spiro atoms. The van der Waals surface area contributed by atoms with Crippen molar-refractivity contribution < 1.29 is 19.1 Å². The molecular weight excluding hydrogens is 406 g/mol. The van der Waals surface area contributed by atoms with E-state index in [1.165, 1.54) is 4.90 Å². The van der Waals surface area contributed by atoms with E-state index < -0.39 is 6.03 Å². The largest absolute Gasteiger partial charge is 0.497 e. The third-order valence-corrected chi connectivity index (χ3v) is 6.66. The molecule has 3 amide bonds. The second kappa shape index (κ2) is 8.15. The standard InChI is InChI=1S/C25H25N3O4/c1-31-17-8-10-23(32-2)20(12-17)15-7-9-19-21(11-15)27-25(30)28(24(19)29)22-14-26-13-16-5-3-4-6-18(16)22/h3-6,8,10,12-15,19,21H,7,9,11H2,1-2H3,(H,27,30). The number of methoxy groups -OCH3 is 2. The van der Waals surface area contributed by atoms with Gasteiger partial charge in [-0.3, -0.25) is 9.78 Å². The number of fused-ring (bicyclic) bond motifs is 2. The van der Waals surface area contributed by atoms with Crippen molar-refractivity contribution in [2.75, 3.05) is 19.1 Å². The van der Waals surface area contributed by atoms with Gasteiger partial charge < -0.3 is 14.8 Å². The summed E-state index contributed by atoms with van der Waals surface area (Å²) in [6.45, 7) is 0. The van der Waals surface area contributed by atoms with Gasteiger partial charge in [-0.25, -0.2) is 9.69 Å². The SMILES string of the molecule is COc1ccc(OC)c(C2CCC3C(=O)N(c4cncc5ccccc45)C(=O)NC3C2)c1. The van der Waals surface area contributed by atoms with Crippen LogP contribution < -0.4 is 19.7 Å². The lowest BCUT2D eigenvalue weighted by atomic mass is 9.74. The number of nitrogens with zero attached hydrogens (tertiary/aromatic N) is 2. The van der Waals surface area contributed by atoms with Gasteiger partial charge in [-0.05, 0) is 43.4 Å². The maximum atomic E-state index is 13.5. The first-order valence-corrected chi connectivity index (χ1v) is 10.8. The summed E-state index contributed by atoms with van der Waals surface area (Å²) in [4.78, 5) is 32.1. The Morgan fingerprint density at radius 2 is 1.88 bits per heavy atom. The molecule has 32 heavy (non-hydrogen) atoms. The maximum Gasteiger partial charge on any atom is 0.329 e. The Morgan fingerprint density at radius 1 is 1.03 bits per heavy atom. The zero-order valence-corrected chi connectivity index (χ0v) is 18.1. The molecule has 3 unspecified atom stereocenters. The summed E-state index contributed by atoms with van der Waals surface area (Å²) in [6.07, 6.45) is 5.51. The van der Waals surface area contributed by atoms with E-state index in [0.717, 1.165) is 34.3 Å². The molecule has 164 valence electrons. The molecule has 7 heteroatoms. The Hall–Kier alpha value is -3.61. The number of hydrogen-bond donors (Lipinski definition) is 1. The third kappa shape index (κ3) is 3.34. The number of aromatic nitrogens is 1. The molecule has 1 N–H and O–H groups in total. The van der Waals surface area contributed by atoms with Crippen molar-refractivity contribution in [2.24, 2.45) is 5.92 Å². The van der Waals surface area contributed by atoms with Gasteiger partial charge in [0.05, 0.1) is 32.0 Å². The summed E-state index contributed by atoms with van der Waals surface area (Å²) in [5.74, 6) is 1.31. The predicted molar refractivity (Wildman–Crippen MR) is 121 cm³/mol. The summed E-state index contributed by atoms with van der Waals surface area (Å²) in [5.41, 5.74) is 1.58. The van der Waals surface area contributed by atoms with Crippen molar-refractivity contribution in [3.8, 4) is 11.5 Å². The minimum Gasteiger partial charge on any atom is -0.497 e. The lowest BCUT2D eigenvalue weighted by Gasteiger charge is -2.42. The topological polar surface area (TPSA) is 80.8 Å². The van der Waals surface area contributed by atoms with Gasteiger partial charge in [0.15, 0.2) is 0 Å². The Bertz CT molecular complexity index is 1190. The molecule has 1 aromatic heterocycles. The lowest BCUT2D eigenvalue weighted by Crippen LogP contribution is -2.61. The molecule has 3 atom stereocenters. The minimum atomic E-state index is -0.396. The zero-order chi connectivity index (χ0) is 22.2. The highest BCUT2D eigenvalue weighted by molar-refractivity contribution is 6.20. The molecule has 7 nitrogen and oxygen atoms in total. The Kier molecular flexibility index (Phi) is 5.17. The molecule has 1 saturated carbocycles. The Labute approximate surface area is 186 Å². The molecule has 2 aliphatic rings. The lowest BCUT2D eigenvalue weighted by molar-refractivity contribution is -0.124. The van der Waals surface area contributed by atoms with Crippen LogP contribution in [0.5, 0.6) is 11.5 Å². The second-order valence-electron chi connectivity index (χ2n) is 8.33. The van der Waals surface area contributed by atoms with Crippen LogP contribution in [0.3, 0.4) is 0 Å². The number of hydrogen-bond acceptors (Lipinski definition) is 5. The van der Waals surface area contributed by atoms with Crippen molar-refractivity contribution in [3.63, 3.8) is 0 Å². The zero-order valence-electron chi connectivity index (χ0n) is 18.1. The predicted octanol–water partition coefficient (Wildman–Crippen LogP) is 4.26. The van der Waals surface area contributed by atoms with Crippen molar-refractivity contribution >= 4 is 28.4 Å². The molecule has 1 saturated heterocycles. The fraction of sp³-hybridized carbons (Fsp3) is 0.320. The number of pyridine rings is 1. The number of ether oxygens (including phenoxy) is 2. The van der Waals surface area contributed by atoms with Gasteiger partial charge >= 0.3 is 6.03 Å². The molecule has 3 aromatic rings. The fourth-order valence-electron chi connectivity index (χ4n) is 5.06. The van der Waals surface area contributed by atoms with E-state index in [9.17, 15) is 9.59 Å². The first kappa shape index (κ1) is 20.3. The van der Waals surface area contributed by atoms with Crippen LogP contribution in [0.1, 0.15) is 30.7 Å². The van der Waals surface area contributed by atoms with Crippen LogP contribution in [0.25, 0.3) is 10.8 Å². The van der Waals surface area contributed by atoms with Crippen LogP contribution in [0.2, 0.25) is 0 Å². The number of rotatable bonds is 4. The number of carbonyl (C=O) groups is 2. The van der Waals surface area contributed by atoms with Gasteiger partial charge in [-0.15, -0.1) is 0 Å². The summed E-state index contributed by atoms with van der Waals surface area (Å²) in [6, 6.07) is 12.8. The number of nitrogens with one attached hydrogen (secondary N) is 1. The number of amides is 3.